The fourth-order valence-electron chi connectivity index (χ4n) is 2.08. The molecule has 0 aliphatic rings. The van der Waals surface area contributed by atoms with E-state index in [2.05, 4.69) is 0 Å². The monoisotopic (exact) mass is 456 g/mol. The molecule has 0 atom stereocenters. The van der Waals surface area contributed by atoms with Gasteiger partial charge in [0.2, 0.25) is 0 Å². The molecule has 0 unspecified atom stereocenters. The molecule has 2 rings (SSSR count). The minimum Gasteiger partial charge on any atom is -1.00 e. The van der Waals surface area contributed by atoms with E-state index in [1.165, 1.54) is 36.4 Å². The van der Waals surface area contributed by atoms with Crippen molar-refractivity contribution in [1.82, 2.24) is 0 Å². The zero-order chi connectivity index (χ0) is 19.3. The number of aromatic hydroxyl groups is 1. The van der Waals surface area contributed by atoms with Crippen molar-refractivity contribution >= 4 is 28.2 Å². The quantitative estimate of drug-likeness (QED) is 0.223. The first-order valence-electron chi connectivity index (χ1n) is 7.92. The summed E-state index contributed by atoms with van der Waals surface area (Å²) in [5.41, 5.74) is 1.45. The Hall–Kier alpha value is 0.633. The summed E-state index contributed by atoms with van der Waals surface area (Å²) in [5.74, 6) is -0.563. The van der Waals surface area contributed by atoms with E-state index in [9.17, 15) is 18.3 Å². The molecule has 0 radical (unpaired) electrons. The van der Waals surface area contributed by atoms with Crippen LogP contribution in [0.3, 0.4) is 0 Å². The van der Waals surface area contributed by atoms with Crippen LogP contribution in [0.4, 0.5) is 0 Å². The van der Waals surface area contributed by atoms with Crippen LogP contribution in [0.1, 0.15) is 38.2 Å². The average Bonchev–Trinajstić information content (AvgIpc) is 2.58. The molecule has 9 heteroatoms. The van der Waals surface area contributed by atoms with Crippen LogP contribution in [0.25, 0.3) is 12.2 Å². The first kappa shape index (κ1) is 28.6. The zero-order valence-corrected chi connectivity index (χ0v) is 23.5. The number of esters is 1. The van der Waals surface area contributed by atoms with Gasteiger partial charge < -0.3 is 12.7 Å². The number of hydrogen-bond donors (Lipinski definition) is 2. The van der Waals surface area contributed by atoms with Crippen LogP contribution in [0, 0.1) is 5.92 Å². The Morgan fingerprint density at radius 3 is 2.14 bits per heavy atom. The van der Waals surface area contributed by atoms with Crippen LogP contribution >= 0.6 is 0 Å². The summed E-state index contributed by atoms with van der Waals surface area (Å²) in [6.45, 7) is 4.09. The predicted molar refractivity (Wildman–Crippen MR) is 101 cm³/mol. The third-order valence-corrected chi connectivity index (χ3v) is 4.30. The molecule has 142 valence electrons. The number of phenolic OH excluding ortho intramolecular Hbond substituents is 1. The van der Waals surface area contributed by atoms with Crippen molar-refractivity contribution in [3.63, 3.8) is 0 Å². The molecule has 0 aliphatic heterocycles. The van der Waals surface area contributed by atoms with Crippen molar-refractivity contribution in [1.29, 1.82) is 0 Å². The van der Waals surface area contributed by atoms with Gasteiger partial charge in [0, 0.05) is 0 Å². The van der Waals surface area contributed by atoms with Crippen molar-refractivity contribution < 1.29 is 133 Å². The number of hydrogen-bond acceptors (Lipinski definition) is 5. The first-order chi connectivity index (χ1) is 12.2. The molecular formula is C19H22K2O6S. The van der Waals surface area contributed by atoms with Gasteiger partial charge in [-0.1, -0.05) is 44.2 Å². The third kappa shape index (κ3) is 9.19. The Bertz CT molecular complexity index is 933. The maximum atomic E-state index is 12.0. The minimum absolute atomic E-state index is 0. The summed E-state index contributed by atoms with van der Waals surface area (Å²) in [4.78, 5) is 11.9. The van der Waals surface area contributed by atoms with Gasteiger partial charge in [0.15, 0.2) is 0 Å². The molecule has 2 aromatic rings. The Kier molecular flexibility index (Phi) is 13.4. The minimum atomic E-state index is -4.22. The number of carbonyl (C=O) groups is 1. The van der Waals surface area contributed by atoms with Gasteiger partial charge in [0.05, 0.1) is 11.5 Å². The van der Waals surface area contributed by atoms with E-state index in [1.54, 1.807) is 18.2 Å². The second-order valence-corrected chi connectivity index (χ2v) is 7.57. The van der Waals surface area contributed by atoms with Gasteiger partial charge in [-0.2, -0.15) is 8.42 Å². The largest absolute Gasteiger partial charge is 1.00 e. The predicted octanol–water partition coefficient (Wildman–Crippen LogP) is -2.14. The first-order valence-corrected chi connectivity index (χ1v) is 9.36. The van der Waals surface area contributed by atoms with Crippen molar-refractivity contribution in [2.75, 3.05) is 6.61 Å². The van der Waals surface area contributed by atoms with E-state index in [4.69, 9.17) is 9.29 Å². The number of ether oxygens (including phenoxy) is 1. The Balaban J connectivity index is -0.00000182. The Morgan fingerprint density at radius 2 is 1.61 bits per heavy atom. The SMILES string of the molecule is CC(C)COC(=O)c1cc(/C=C/c2ccc(S(=O)(=O)O)cc2)ccc1O.[H-].[H-].[K+].[K+]. The van der Waals surface area contributed by atoms with Gasteiger partial charge >= 0.3 is 109 Å². The summed E-state index contributed by atoms with van der Waals surface area (Å²) in [5, 5.41) is 9.86. The fraction of sp³-hybridized carbons (Fsp3) is 0.211. The van der Waals surface area contributed by atoms with E-state index < -0.39 is 16.1 Å². The van der Waals surface area contributed by atoms with Gasteiger partial charge in [-0.15, -0.1) is 0 Å². The average molecular weight is 457 g/mol. The molecule has 0 bridgehead atoms. The molecule has 2 N–H and O–H groups in total. The van der Waals surface area contributed by atoms with Crippen LogP contribution in [-0.2, 0) is 14.9 Å². The number of benzene rings is 2. The van der Waals surface area contributed by atoms with E-state index in [0.29, 0.717) is 11.1 Å². The molecule has 0 fully saturated rings. The van der Waals surface area contributed by atoms with Gasteiger partial charge in [0.1, 0.15) is 11.3 Å². The van der Waals surface area contributed by atoms with Crippen LogP contribution in [0.2, 0.25) is 0 Å². The molecule has 2 aromatic carbocycles. The zero-order valence-electron chi connectivity index (χ0n) is 18.4. The Morgan fingerprint density at radius 1 is 1.07 bits per heavy atom. The second-order valence-electron chi connectivity index (χ2n) is 6.15. The van der Waals surface area contributed by atoms with E-state index in [-0.39, 0.29) is 134 Å². The molecule has 0 amide bonds. The summed E-state index contributed by atoms with van der Waals surface area (Å²) in [6, 6.07) is 10.2. The molecule has 6 nitrogen and oxygen atoms in total. The van der Waals surface area contributed by atoms with Crippen LogP contribution < -0.4 is 103 Å². The van der Waals surface area contributed by atoms with Gasteiger partial charge in [-0.25, -0.2) is 4.79 Å². The van der Waals surface area contributed by atoms with Gasteiger partial charge in [-0.3, -0.25) is 4.55 Å². The van der Waals surface area contributed by atoms with Gasteiger partial charge in [-0.05, 0) is 41.3 Å². The van der Waals surface area contributed by atoms with Crippen molar-refractivity contribution in [3.8, 4) is 5.75 Å². The van der Waals surface area contributed by atoms with Crippen LogP contribution in [0.15, 0.2) is 47.4 Å². The smallest absolute Gasteiger partial charge is 1.00 e. The molecule has 0 saturated heterocycles. The topological polar surface area (TPSA) is 101 Å². The molecule has 0 heterocycles. The number of carbonyl (C=O) groups excluding carboxylic acids is 1. The number of phenols is 1. The maximum absolute atomic E-state index is 12.0. The summed E-state index contributed by atoms with van der Waals surface area (Å²) >= 11 is 0. The summed E-state index contributed by atoms with van der Waals surface area (Å²) in [6.07, 6.45) is 3.42. The summed E-state index contributed by atoms with van der Waals surface area (Å²) in [7, 11) is -4.22. The molecular weight excluding hydrogens is 434 g/mol. The van der Waals surface area contributed by atoms with E-state index in [0.717, 1.165) is 0 Å². The van der Waals surface area contributed by atoms with Crippen LogP contribution in [-0.4, -0.2) is 30.7 Å². The van der Waals surface area contributed by atoms with Crippen molar-refractivity contribution in [2.45, 2.75) is 18.7 Å². The number of rotatable bonds is 6. The molecule has 0 saturated carbocycles. The fourth-order valence-corrected chi connectivity index (χ4v) is 2.56. The molecule has 28 heavy (non-hydrogen) atoms. The van der Waals surface area contributed by atoms with E-state index >= 15 is 0 Å². The van der Waals surface area contributed by atoms with Crippen molar-refractivity contribution in [3.05, 3.63) is 59.2 Å². The standard InChI is InChI=1S/C19H20O6S.2K.2H/c1-13(2)12-25-19(21)17-11-15(7-10-18(17)20)4-3-14-5-8-16(9-6-14)26(22,23)24;;;;/h3-11,13,20H,12H2,1-2H3,(H,22,23,24);;;;/q;2*+1;2*-1/b4-3+;;;;. The molecule has 0 spiro atoms. The van der Waals surface area contributed by atoms with E-state index in [1.807, 2.05) is 13.8 Å². The summed E-state index contributed by atoms with van der Waals surface area (Å²) < 4.78 is 36.1. The maximum Gasteiger partial charge on any atom is 1.00 e. The van der Waals surface area contributed by atoms with Crippen LogP contribution in [0.5, 0.6) is 5.75 Å². The van der Waals surface area contributed by atoms with Crippen molar-refractivity contribution in [2.24, 2.45) is 5.92 Å². The normalized spacial score (nSPS) is 11.0. The molecule has 0 aliphatic carbocycles. The molecule has 0 aromatic heterocycles. The third-order valence-electron chi connectivity index (χ3n) is 3.43. The Labute approximate surface area is 253 Å². The van der Waals surface area contributed by atoms with Gasteiger partial charge in [0.25, 0.3) is 10.1 Å². The second kappa shape index (κ2) is 13.1.